The van der Waals surface area contributed by atoms with E-state index in [1.807, 2.05) is 0 Å². The van der Waals surface area contributed by atoms with Gasteiger partial charge in [0.15, 0.2) is 17.3 Å². The summed E-state index contributed by atoms with van der Waals surface area (Å²) in [4.78, 5) is 14.5. The van der Waals surface area contributed by atoms with E-state index in [1.54, 1.807) is 30.3 Å². The van der Waals surface area contributed by atoms with Gasteiger partial charge in [-0.05, 0) is 42.5 Å². The van der Waals surface area contributed by atoms with Gasteiger partial charge in [0.05, 0.1) is 16.9 Å². The maximum Gasteiger partial charge on any atom is 0.207 e. The van der Waals surface area contributed by atoms with Crippen LogP contribution in [-0.4, -0.2) is 11.3 Å². The zero-order valence-corrected chi connectivity index (χ0v) is 14.0. The number of carbonyl (C=O) groups is 1. The normalized spacial score (nSPS) is 10.4. The average Bonchev–Trinajstić information content (AvgIpc) is 2.66. The van der Waals surface area contributed by atoms with Crippen LogP contribution in [0.15, 0.2) is 54.7 Å². The Morgan fingerprint density at radius 3 is 2.50 bits per heavy atom. The highest BCUT2D eigenvalue weighted by Gasteiger charge is 2.12. The zero-order valence-electron chi connectivity index (χ0n) is 13.3. The van der Waals surface area contributed by atoms with E-state index in [0.717, 1.165) is 6.20 Å². The van der Waals surface area contributed by atoms with Gasteiger partial charge in [-0.15, -0.1) is 0 Å². The topological polar surface area (TPSA) is 48.4 Å². The molecule has 132 valence electrons. The van der Waals surface area contributed by atoms with Crippen molar-refractivity contribution in [2.24, 2.45) is 0 Å². The first kappa shape index (κ1) is 17.8. The number of aromatic nitrogens is 1. The van der Waals surface area contributed by atoms with Gasteiger partial charge >= 0.3 is 0 Å². The van der Waals surface area contributed by atoms with Crippen molar-refractivity contribution in [3.8, 4) is 17.2 Å². The summed E-state index contributed by atoms with van der Waals surface area (Å²) in [6.45, 7) is -0.0889. The number of hydrogen-bond donors (Lipinski definition) is 0. The van der Waals surface area contributed by atoms with E-state index in [0.29, 0.717) is 23.3 Å². The second-order valence-electron chi connectivity index (χ2n) is 5.24. The highest BCUT2D eigenvalue weighted by molar-refractivity contribution is 6.30. The third kappa shape index (κ3) is 4.15. The van der Waals surface area contributed by atoms with Gasteiger partial charge in [0.1, 0.15) is 18.6 Å². The van der Waals surface area contributed by atoms with Crippen molar-refractivity contribution in [3.05, 3.63) is 82.6 Å². The lowest BCUT2D eigenvalue weighted by molar-refractivity contribution is 0.112. The minimum Gasteiger partial charge on any atom is -0.484 e. The maximum atomic E-state index is 14.5. The molecule has 0 unspecified atom stereocenters. The van der Waals surface area contributed by atoms with Gasteiger partial charge in [0.25, 0.3) is 0 Å². The Labute approximate surface area is 153 Å². The Hall–Kier alpha value is -2.99. The van der Waals surface area contributed by atoms with Crippen LogP contribution in [0.1, 0.15) is 16.1 Å². The molecule has 0 fully saturated rings. The number of ether oxygens (including phenoxy) is 2. The fourth-order valence-corrected chi connectivity index (χ4v) is 2.28. The van der Waals surface area contributed by atoms with Crippen LogP contribution in [0.4, 0.5) is 8.78 Å². The second-order valence-corrected chi connectivity index (χ2v) is 5.64. The third-order valence-electron chi connectivity index (χ3n) is 3.41. The molecule has 0 saturated carbocycles. The summed E-state index contributed by atoms with van der Waals surface area (Å²) in [5, 5.41) is -0.0880. The molecule has 7 heteroatoms. The summed E-state index contributed by atoms with van der Waals surface area (Å²) >= 11 is 5.68. The van der Waals surface area contributed by atoms with E-state index in [9.17, 15) is 13.6 Å². The standard InChI is InChI=1S/C19H12ClF2NO3/c20-15-8-13(23-9-16(15)21)11-25-17-2-1-3-18(19(17)22)26-14-6-4-12(10-24)5-7-14/h1-10H,11H2. The Kier molecular flexibility index (Phi) is 5.43. The Morgan fingerprint density at radius 1 is 1.08 bits per heavy atom. The molecule has 0 atom stereocenters. The quantitative estimate of drug-likeness (QED) is 0.556. The number of hydrogen-bond acceptors (Lipinski definition) is 4. The van der Waals surface area contributed by atoms with Crippen molar-refractivity contribution in [2.45, 2.75) is 6.61 Å². The van der Waals surface area contributed by atoms with Gasteiger partial charge < -0.3 is 9.47 Å². The molecule has 26 heavy (non-hydrogen) atoms. The number of pyridine rings is 1. The lowest BCUT2D eigenvalue weighted by Crippen LogP contribution is -2.01. The molecule has 0 saturated heterocycles. The largest absolute Gasteiger partial charge is 0.484 e. The minimum absolute atomic E-state index is 0.0357. The third-order valence-corrected chi connectivity index (χ3v) is 3.70. The lowest BCUT2D eigenvalue weighted by Gasteiger charge is -2.11. The summed E-state index contributed by atoms with van der Waals surface area (Å²) in [5.41, 5.74) is 0.840. The van der Waals surface area contributed by atoms with Gasteiger partial charge in [-0.25, -0.2) is 4.39 Å². The van der Waals surface area contributed by atoms with Crippen molar-refractivity contribution in [1.29, 1.82) is 0 Å². The first-order valence-corrected chi connectivity index (χ1v) is 7.89. The first-order chi connectivity index (χ1) is 12.6. The van der Waals surface area contributed by atoms with Crippen molar-refractivity contribution in [3.63, 3.8) is 0 Å². The van der Waals surface area contributed by atoms with E-state index in [-0.39, 0.29) is 23.1 Å². The number of carbonyl (C=O) groups excluding carboxylic acids is 1. The lowest BCUT2D eigenvalue weighted by atomic mass is 10.2. The number of nitrogens with zero attached hydrogens (tertiary/aromatic N) is 1. The number of benzene rings is 2. The average molecular weight is 376 g/mol. The van der Waals surface area contributed by atoms with E-state index >= 15 is 0 Å². The summed E-state index contributed by atoms with van der Waals surface area (Å²) < 4.78 is 38.5. The number of rotatable bonds is 6. The van der Waals surface area contributed by atoms with Crippen LogP contribution < -0.4 is 9.47 Å². The second kappa shape index (κ2) is 7.93. The van der Waals surface area contributed by atoms with E-state index in [2.05, 4.69) is 4.98 Å². The van der Waals surface area contributed by atoms with E-state index in [4.69, 9.17) is 21.1 Å². The monoisotopic (exact) mass is 375 g/mol. The fraction of sp³-hybridized carbons (Fsp3) is 0.0526. The zero-order chi connectivity index (χ0) is 18.5. The predicted octanol–water partition coefficient (Wildman–Crippen LogP) is 5.20. The van der Waals surface area contributed by atoms with Crippen molar-refractivity contribution in [1.82, 2.24) is 4.98 Å². The highest BCUT2D eigenvalue weighted by atomic mass is 35.5. The molecule has 0 radical (unpaired) electrons. The van der Waals surface area contributed by atoms with E-state index in [1.165, 1.54) is 18.2 Å². The number of halogens is 3. The van der Waals surface area contributed by atoms with Gasteiger partial charge in [-0.2, -0.15) is 4.39 Å². The van der Waals surface area contributed by atoms with Gasteiger partial charge in [0, 0.05) is 5.56 Å². The molecule has 4 nitrogen and oxygen atoms in total. The van der Waals surface area contributed by atoms with Crippen molar-refractivity contribution in [2.75, 3.05) is 0 Å². The van der Waals surface area contributed by atoms with Crippen LogP contribution in [0.3, 0.4) is 0 Å². The van der Waals surface area contributed by atoms with Crippen LogP contribution in [0, 0.1) is 11.6 Å². The van der Waals surface area contributed by atoms with Crippen LogP contribution in [0.2, 0.25) is 5.02 Å². The molecular formula is C19H12ClF2NO3. The van der Waals surface area contributed by atoms with Gasteiger partial charge in [-0.3, -0.25) is 9.78 Å². The molecule has 0 spiro atoms. The predicted molar refractivity (Wildman–Crippen MR) is 91.8 cm³/mol. The van der Waals surface area contributed by atoms with Crippen LogP contribution >= 0.6 is 11.6 Å². The summed E-state index contributed by atoms with van der Waals surface area (Å²) in [6, 6.07) is 12.0. The minimum atomic E-state index is -0.694. The summed E-state index contributed by atoms with van der Waals surface area (Å²) in [7, 11) is 0. The first-order valence-electron chi connectivity index (χ1n) is 7.51. The molecule has 2 aromatic carbocycles. The van der Waals surface area contributed by atoms with Crippen LogP contribution in [0.25, 0.3) is 0 Å². The molecule has 0 N–H and O–H groups in total. The molecule has 0 bridgehead atoms. The Morgan fingerprint density at radius 2 is 1.81 bits per heavy atom. The number of aldehydes is 1. The van der Waals surface area contributed by atoms with Crippen molar-refractivity contribution >= 4 is 17.9 Å². The maximum absolute atomic E-state index is 14.5. The van der Waals surface area contributed by atoms with Gasteiger partial charge in [0.2, 0.25) is 5.82 Å². The highest BCUT2D eigenvalue weighted by Crippen LogP contribution is 2.30. The van der Waals surface area contributed by atoms with E-state index < -0.39 is 11.6 Å². The molecule has 3 rings (SSSR count). The Bertz CT molecular complexity index is 933. The Balaban J connectivity index is 1.73. The molecule has 3 aromatic rings. The molecule has 0 aliphatic heterocycles. The van der Waals surface area contributed by atoms with Crippen LogP contribution in [0.5, 0.6) is 17.2 Å². The molecule has 1 aromatic heterocycles. The molecule has 0 aliphatic carbocycles. The summed E-state index contributed by atoms with van der Waals surface area (Å²) in [6.07, 6.45) is 1.68. The molecule has 1 heterocycles. The smallest absolute Gasteiger partial charge is 0.207 e. The molecule has 0 amide bonds. The SMILES string of the molecule is O=Cc1ccc(Oc2cccc(OCc3cc(Cl)c(F)cn3)c2F)cc1. The van der Waals surface area contributed by atoms with Crippen molar-refractivity contribution < 1.29 is 23.0 Å². The van der Waals surface area contributed by atoms with Gasteiger partial charge in [-0.1, -0.05) is 17.7 Å². The molecule has 0 aliphatic rings. The summed E-state index contributed by atoms with van der Waals surface area (Å²) in [5.74, 6) is -1.04. The fourth-order valence-electron chi connectivity index (χ4n) is 2.11. The molecular weight excluding hydrogens is 364 g/mol. The van der Waals surface area contributed by atoms with Crippen LogP contribution in [-0.2, 0) is 6.61 Å².